The summed E-state index contributed by atoms with van der Waals surface area (Å²) < 4.78 is 5.17. The van der Waals surface area contributed by atoms with Crippen molar-refractivity contribution in [3.8, 4) is 0 Å². The van der Waals surface area contributed by atoms with Crippen LogP contribution in [0.2, 0.25) is 10.0 Å². The molecule has 22 heavy (non-hydrogen) atoms. The molecule has 0 radical (unpaired) electrons. The smallest absolute Gasteiger partial charge is 0.304 e. The fourth-order valence-electron chi connectivity index (χ4n) is 1.76. The van der Waals surface area contributed by atoms with Crippen LogP contribution in [-0.4, -0.2) is 12.2 Å². The topological polar surface area (TPSA) is 51.0 Å². The van der Waals surface area contributed by atoms with Gasteiger partial charge in [-0.25, -0.2) is 0 Å². The Bertz CT molecular complexity index is 655. The first kappa shape index (κ1) is 16.5. The van der Waals surface area contributed by atoms with Gasteiger partial charge in [0, 0.05) is 23.4 Å². The van der Waals surface area contributed by atoms with Crippen molar-refractivity contribution in [3.63, 3.8) is 0 Å². The lowest BCUT2D eigenvalue weighted by Crippen LogP contribution is -2.16. The van der Waals surface area contributed by atoms with Crippen LogP contribution in [-0.2, 0) is 16.0 Å². The number of hydrogen-bond acceptors (Lipinski definition) is 4. The molecular formula is C16H14Cl2N2O2. The van der Waals surface area contributed by atoms with E-state index in [1.807, 2.05) is 12.1 Å². The Balaban J connectivity index is 2.09. The summed E-state index contributed by atoms with van der Waals surface area (Å²) in [6, 6.07) is 14.2. The highest BCUT2D eigenvalue weighted by molar-refractivity contribution is 6.30. The van der Waals surface area contributed by atoms with Gasteiger partial charge < -0.3 is 4.74 Å². The van der Waals surface area contributed by atoms with E-state index in [9.17, 15) is 4.79 Å². The lowest BCUT2D eigenvalue weighted by Gasteiger charge is -2.11. The van der Waals surface area contributed by atoms with Gasteiger partial charge in [-0.2, -0.15) is 5.11 Å². The second-order valence-corrected chi connectivity index (χ2v) is 5.46. The Morgan fingerprint density at radius 3 is 2.14 bits per heavy atom. The molecule has 0 fully saturated rings. The third-order valence-electron chi connectivity index (χ3n) is 2.75. The maximum absolute atomic E-state index is 11.2. The molecule has 114 valence electrons. The largest absolute Gasteiger partial charge is 0.438 e. The fourth-order valence-corrected chi connectivity index (χ4v) is 2.01. The van der Waals surface area contributed by atoms with E-state index >= 15 is 0 Å². The van der Waals surface area contributed by atoms with Gasteiger partial charge in [0.25, 0.3) is 0 Å². The molecule has 2 rings (SSSR count). The zero-order valence-corrected chi connectivity index (χ0v) is 13.4. The summed E-state index contributed by atoms with van der Waals surface area (Å²) in [5, 5.41) is 9.44. The zero-order valence-electron chi connectivity index (χ0n) is 11.9. The number of ether oxygens (including phenoxy) is 1. The summed E-state index contributed by atoms with van der Waals surface area (Å²) in [6.07, 6.45) is -0.261. The molecule has 0 aliphatic carbocycles. The predicted octanol–water partition coefficient (Wildman–Crippen LogP) is 5.21. The Morgan fingerprint density at radius 1 is 1.05 bits per heavy atom. The van der Waals surface area contributed by atoms with Crippen molar-refractivity contribution in [1.29, 1.82) is 0 Å². The van der Waals surface area contributed by atoms with E-state index in [1.165, 1.54) is 6.92 Å². The number of halogens is 2. The number of rotatable bonds is 5. The molecule has 0 bridgehead atoms. The minimum Gasteiger partial charge on any atom is -0.438 e. The summed E-state index contributed by atoms with van der Waals surface area (Å²) in [4.78, 5) is 11.2. The molecule has 0 aliphatic heterocycles. The van der Waals surface area contributed by atoms with Crippen molar-refractivity contribution in [2.45, 2.75) is 19.6 Å². The highest BCUT2D eigenvalue weighted by atomic mass is 35.5. The molecule has 0 spiro atoms. The van der Waals surface area contributed by atoms with Gasteiger partial charge in [-0.3, -0.25) is 4.79 Å². The quantitative estimate of drug-likeness (QED) is 0.555. The van der Waals surface area contributed by atoms with Crippen molar-refractivity contribution in [3.05, 3.63) is 64.1 Å². The van der Waals surface area contributed by atoms with Gasteiger partial charge in [0.1, 0.15) is 0 Å². The molecular weight excluding hydrogens is 323 g/mol. The average Bonchev–Trinajstić information content (AvgIpc) is 2.48. The molecule has 0 amide bonds. The number of azo groups is 1. The first-order valence-electron chi connectivity index (χ1n) is 6.61. The highest BCUT2D eigenvalue weighted by Crippen LogP contribution is 2.18. The number of esters is 1. The van der Waals surface area contributed by atoms with Gasteiger partial charge >= 0.3 is 5.97 Å². The SMILES string of the molecule is CC(=O)OC(Cc1ccc(Cl)cc1)N=Nc1ccc(Cl)cc1. The van der Waals surface area contributed by atoms with Gasteiger partial charge in [-0.05, 0) is 42.0 Å². The predicted molar refractivity (Wildman–Crippen MR) is 86.7 cm³/mol. The van der Waals surface area contributed by atoms with Crippen LogP contribution in [0.3, 0.4) is 0 Å². The summed E-state index contributed by atoms with van der Waals surface area (Å²) >= 11 is 11.7. The van der Waals surface area contributed by atoms with E-state index in [0.717, 1.165) is 5.56 Å². The van der Waals surface area contributed by atoms with E-state index in [0.29, 0.717) is 22.2 Å². The first-order valence-corrected chi connectivity index (χ1v) is 7.36. The van der Waals surface area contributed by atoms with Crippen LogP contribution in [0.25, 0.3) is 0 Å². The maximum atomic E-state index is 11.2. The molecule has 0 heterocycles. The van der Waals surface area contributed by atoms with E-state index in [1.54, 1.807) is 36.4 Å². The second kappa shape index (κ2) is 7.92. The van der Waals surface area contributed by atoms with E-state index in [4.69, 9.17) is 27.9 Å². The molecule has 2 aromatic rings. The van der Waals surface area contributed by atoms with Crippen LogP contribution in [0, 0.1) is 0 Å². The van der Waals surface area contributed by atoms with Gasteiger partial charge in [-0.15, -0.1) is 5.11 Å². The number of benzene rings is 2. The van der Waals surface area contributed by atoms with Crippen molar-refractivity contribution in [1.82, 2.24) is 0 Å². The average molecular weight is 337 g/mol. The normalized spacial score (nSPS) is 12.3. The molecule has 0 N–H and O–H groups in total. The molecule has 2 aromatic carbocycles. The molecule has 4 nitrogen and oxygen atoms in total. The molecule has 0 saturated heterocycles. The Labute approximate surface area is 138 Å². The van der Waals surface area contributed by atoms with Gasteiger partial charge in [0.2, 0.25) is 6.23 Å². The van der Waals surface area contributed by atoms with Crippen LogP contribution < -0.4 is 0 Å². The Hall–Kier alpha value is -1.91. The van der Waals surface area contributed by atoms with E-state index < -0.39 is 12.2 Å². The van der Waals surface area contributed by atoms with Crippen molar-refractivity contribution in [2.24, 2.45) is 10.2 Å². The number of carbonyl (C=O) groups is 1. The van der Waals surface area contributed by atoms with Crippen LogP contribution in [0.5, 0.6) is 0 Å². The number of hydrogen-bond donors (Lipinski definition) is 0. The first-order chi connectivity index (χ1) is 10.5. The Morgan fingerprint density at radius 2 is 1.59 bits per heavy atom. The molecule has 0 aliphatic rings. The van der Waals surface area contributed by atoms with Crippen molar-refractivity contribution in [2.75, 3.05) is 0 Å². The van der Waals surface area contributed by atoms with Crippen molar-refractivity contribution >= 4 is 34.9 Å². The van der Waals surface area contributed by atoms with Crippen LogP contribution in [0.1, 0.15) is 12.5 Å². The maximum Gasteiger partial charge on any atom is 0.304 e. The van der Waals surface area contributed by atoms with Gasteiger partial charge in [0.05, 0.1) is 5.69 Å². The summed E-state index contributed by atoms with van der Waals surface area (Å²) in [6.45, 7) is 1.34. The number of nitrogens with zero attached hydrogens (tertiary/aromatic N) is 2. The van der Waals surface area contributed by atoms with Gasteiger partial charge in [0.15, 0.2) is 0 Å². The lowest BCUT2D eigenvalue weighted by atomic mass is 10.1. The molecule has 1 unspecified atom stereocenters. The molecule has 0 saturated carbocycles. The summed E-state index contributed by atoms with van der Waals surface area (Å²) in [5.41, 5.74) is 1.59. The van der Waals surface area contributed by atoms with Crippen LogP contribution >= 0.6 is 23.2 Å². The third kappa shape index (κ3) is 5.47. The van der Waals surface area contributed by atoms with Gasteiger partial charge in [-0.1, -0.05) is 35.3 Å². The standard InChI is InChI=1S/C16H14Cl2N2O2/c1-11(21)22-16(10-12-2-4-13(17)5-3-12)20-19-15-8-6-14(18)7-9-15/h2-9,16H,10H2,1H3. The van der Waals surface area contributed by atoms with Crippen molar-refractivity contribution < 1.29 is 9.53 Å². The molecule has 0 aromatic heterocycles. The highest BCUT2D eigenvalue weighted by Gasteiger charge is 2.12. The fraction of sp³-hybridized carbons (Fsp3) is 0.188. The zero-order chi connectivity index (χ0) is 15.9. The third-order valence-corrected chi connectivity index (χ3v) is 3.26. The van der Waals surface area contributed by atoms with E-state index in [2.05, 4.69) is 10.2 Å². The van der Waals surface area contributed by atoms with Crippen LogP contribution in [0.15, 0.2) is 58.8 Å². The minimum atomic E-state index is -0.686. The summed E-state index contributed by atoms with van der Waals surface area (Å²) in [5.74, 6) is -0.408. The number of carbonyl (C=O) groups excluding carboxylic acids is 1. The lowest BCUT2D eigenvalue weighted by molar-refractivity contribution is -0.146. The van der Waals surface area contributed by atoms with E-state index in [-0.39, 0.29) is 0 Å². The second-order valence-electron chi connectivity index (χ2n) is 4.59. The minimum absolute atomic E-state index is 0.408. The molecule has 6 heteroatoms. The summed E-state index contributed by atoms with van der Waals surface area (Å²) in [7, 11) is 0. The Kier molecular flexibility index (Phi) is 5.92. The monoisotopic (exact) mass is 336 g/mol. The molecule has 1 atom stereocenters. The van der Waals surface area contributed by atoms with Crippen LogP contribution in [0.4, 0.5) is 5.69 Å².